The van der Waals surface area contributed by atoms with Crippen molar-refractivity contribution in [1.29, 1.82) is 0 Å². The predicted molar refractivity (Wildman–Crippen MR) is 174 cm³/mol. The Balaban J connectivity index is 2.73. The molecule has 0 aromatic carbocycles. The molecule has 0 radical (unpaired) electrons. The monoisotopic (exact) mass is 575 g/mol. The molecule has 37 heavy (non-hydrogen) atoms. The summed E-state index contributed by atoms with van der Waals surface area (Å²) in [5.41, 5.74) is 0. The SMILES string of the molecule is CC(C)C(CCC(C)C(CCC1CCC(C=O)CC1SCCN(C)C)SCCN(C)C)SCCN(C)C. The highest BCUT2D eigenvalue weighted by Crippen LogP contribution is 2.40. The van der Waals surface area contributed by atoms with Crippen molar-refractivity contribution in [3.63, 3.8) is 0 Å². The smallest absolute Gasteiger partial charge is 0.123 e. The largest absolute Gasteiger partial charge is 0.309 e. The first kappa shape index (κ1) is 35.6. The molecular formula is C30H61N3OS3. The Hall–Kier alpha value is 0.600. The summed E-state index contributed by atoms with van der Waals surface area (Å²) in [5.74, 6) is 6.21. The molecule has 1 aliphatic rings. The molecule has 0 saturated heterocycles. The minimum absolute atomic E-state index is 0.287. The predicted octanol–water partition coefficient (Wildman–Crippen LogP) is 6.44. The molecule has 0 spiro atoms. The van der Waals surface area contributed by atoms with E-state index in [0.717, 1.165) is 54.2 Å². The van der Waals surface area contributed by atoms with E-state index >= 15 is 0 Å². The standard InChI is InChI=1S/C30H61N3OS3/c1-24(2)28(35-19-16-31(4)5)14-10-25(3)29(36-20-17-32(6)7)15-13-27-12-11-26(23-34)22-30(27)37-21-18-33(8)9/h23-30H,10-22H2,1-9H3. The summed E-state index contributed by atoms with van der Waals surface area (Å²) in [6.45, 7) is 10.8. The van der Waals surface area contributed by atoms with Gasteiger partial charge in [-0.05, 0) is 105 Å². The molecule has 6 unspecified atom stereocenters. The van der Waals surface area contributed by atoms with E-state index in [-0.39, 0.29) is 5.92 Å². The lowest BCUT2D eigenvalue weighted by Gasteiger charge is -2.36. The third kappa shape index (κ3) is 16.5. The van der Waals surface area contributed by atoms with Crippen molar-refractivity contribution < 1.29 is 4.79 Å². The summed E-state index contributed by atoms with van der Waals surface area (Å²) in [5, 5.41) is 2.17. The molecule has 1 saturated carbocycles. The van der Waals surface area contributed by atoms with Gasteiger partial charge in [0.1, 0.15) is 6.29 Å². The van der Waals surface area contributed by atoms with Crippen molar-refractivity contribution in [1.82, 2.24) is 14.7 Å². The summed E-state index contributed by atoms with van der Waals surface area (Å²) >= 11 is 6.56. The van der Waals surface area contributed by atoms with Crippen molar-refractivity contribution in [2.24, 2.45) is 23.7 Å². The third-order valence-electron chi connectivity index (χ3n) is 7.88. The number of hydrogen-bond acceptors (Lipinski definition) is 7. The van der Waals surface area contributed by atoms with Crippen LogP contribution in [0.4, 0.5) is 0 Å². The molecule has 220 valence electrons. The van der Waals surface area contributed by atoms with Crippen LogP contribution in [0.1, 0.15) is 65.7 Å². The van der Waals surface area contributed by atoms with Gasteiger partial charge in [0.15, 0.2) is 0 Å². The first-order chi connectivity index (χ1) is 17.5. The zero-order valence-electron chi connectivity index (χ0n) is 25.8. The van der Waals surface area contributed by atoms with Crippen molar-refractivity contribution in [3.8, 4) is 0 Å². The van der Waals surface area contributed by atoms with Crippen LogP contribution < -0.4 is 0 Å². The van der Waals surface area contributed by atoms with Crippen LogP contribution in [0, 0.1) is 23.7 Å². The van der Waals surface area contributed by atoms with Gasteiger partial charge in [-0.1, -0.05) is 20.8 Å². The highest BCUT2D eigenvalue weighted by Gasteiger charge is 2.32. The molecule has 0 heterocycles. The fourth-order valence-electron chi connectivity index (χ4n) is 5.17. The van der Waals surface area contributed by atoms with Crippen molar-refractivity contribution in [2.75, 3.05) is 79.2 Å². The number of carbonyl (C=O) groups excluding carboxylic acids is 1. The lowest BCUT2D eigenvalue weighted by Crippen LogP contribution is -2.30. The topological polar surface area (TPSA) is 26.8 Å². The van der Waals surface area contributed by atoms with Gasteiger partial charge in [0.05, 0.1) is 0 Å². The molecule has 0 aromatic heterocycles. The molecule has 1 aliphatic carbocycles. The number of nitrogens with zero attached hydrogens (tertiary/aromatic N) is 3. The Morgan fingerprint density at radius 2 is 1.32 bits per heavy atom. The molecular weight excluding hydrogens is 515 g/mol. The fraction of sp³-hybridized carbons (Fsp3) is 0.967. The van der Waals surface area contributed by atoms with Crippen LogP contribution in [0.2, 0.25) is 0 Å². The van der Waals surface area contributed by atoms with Crippen LogP contribution in [-0.4, -0.2) is 116 Å². The Labute approximate surface area is 244 Å². The molecule has 0 aromatic rings. The molecule has 0 bridgehead atoms. The molecule has 7 heteroatoms. The van der Waals surface area contributed by atoms with Crippen LogP contribution in [0.15, 0.2) is 0 Å². The highest BCUT2D eigenvalue weighted by molar-refractivity contribution is 8.00. The van der Waals surface area contributed by atoms with Crippen LogP contribution >= 0.6 is 35.3 Å². The number of aldehydes is 1. The maximum Gasteiger partial charge on any atom is 0.123 e. The van der Waals surface area contributed by atoms with Crippen LogP contribution in [0.3, 0.4) is 0 Å². The van der Waals surface area contributed by atoms with Gasteiger partial charge in [-0.3, -0.25) is 0 Å². The van der Waals surface area contributed by atoms with Gasteiger partial charge in [-0.2, -0.15) is 35.3 Å². The molecule has 1 rings (SSSR count). The molecule has 0 aliphatic heterocycles. The number of hydrogen-bond donors (Lipinski definition) is 0. The molecule has 0 N–H and O–H groups in total. The Morgan fingerprint density at radius 3 is 1.86 bits per heavy atom. The lowest BCUT2D eigenvalue weighted by atomic mass is 9.79. The molecule has 1 fully saturated rings. The minimum Gasteiger partial charge on any atom is -0.309 e. The van der Waals surface area contributed by atoms with Gasteiger partial charge in [0, 0.05) is 58.6 Å². The summed E-state index contributed by atoms with van der Waals surface area (Å²) in [7, 11) is 13.1. The third-order valence-corrected chi connectivity index (χ3v) is 12.5. The molecule has 0 amide bonds. The summed E-state index contributed by atoms with van der Waals surface area (Å²) in [6.07, 6.45) is 10.0. The van der Waals surface area contributed by atoms with E-state index in [1.54, 1.807) is 0 Å². The summed E-state index contributed by atoms with van der Waals surface area (Å²) < 4.78 is 0. The summed E-state index contributed by atoms with van der Waals surface area (Å²) in [4.78, 5) is 18.5. The van der Waals surface area contributed by atoms with Crippen molar-refractivity contribution in [2.45, 2.75) is 81.5 Å². The molecule has 6 atom stereocenters. The van der Waals surface area contributed by atoms with E-state index in [9.17, 15) is 4.79 Å². The van der Waals surface area contributed by atoms with E-state index in [4.69, 9.17) is 0 Å². The van der Waals surface area contributed by atoms with Crippen molar-refractivity contribution in [3.05, 3.63) is 0 Å². The molecule has 4 nitrogen and oxygen atoms in total. The van der Waals surface area contributed by atoms with E-state index < -0.39 is 0 Å². The van der Waals surface area contributed by atoms with Gasteiger partial charge >= 0.3 is 0 Å². The number of rotatable bonds is 21. The van der Waals surface area contributed by atoms with Crippen LogP contribution in [0.5, 0.6) is 0 Å². The fourth-order valence-corrected chi connectivity index (χ4v) is 9.88. The van der Waals surface area contributed by atoms with Gasteiger partial charge in [-0.15, -0.1) is 0 Å². The van der Waals surface area contributed by atoms with E-state index in [1.165, 1.54) is 62.2 Å². The second-order valence-electron chi connectivity index (χ2n) is 12.5. The van der Waals surface area contributed by atoms with E-state index in [0.29, 0.717) is 5.25 Å². The first-order valence-electron chi connectivity index (χ1n) is 14.8. The van der Waals surface area contributed by atoms with Gasteiger partial charge in [0.25, 0.3) is 0 Å². The van der Waals surface area contributed by atoms with Crippen LogP contribution in [-0.2, 0) is 4.79 Å². The minimum atomic E-state index is 0.287. The zero-order valence-corrected chi connectivity index (χ0v) is 28.2. The second kappa shape index (κ2) is 20.5. The second-order valence-corrected chi connectivity index (χ2v) is 16.5. The van der Waals surface area contributed by atoms with Gasteiger partial charge in [-0.25, -0.2) is 0 Å². The van der Waals surface area contributed by atoms with E-state index in [2.05, 4.69) is 113 Å². The quantitative estimate of drug-likeness (QED) is 0.145. The average Bonchev–Trinajstić information content (AvgIpc) is 2.82. The van der Waals surface area contributed by atoms with E-state index in [1.807, 2.05) is 0 Å². The Bertz CT molecular complexity index is 576. The zero-order chi connectivity index (χ0) is 27.8. The normalized spacial score (nSPS) is 23.2. The number of thioether (sulfide) groups is 3. The Kier molecular flexibility index (Phi) is 19.7. The average molecular weight is 576 g/mol. The van der Waals surface area contributed by atoms with Gasteiger partial charge in [0.2, 0.25) is 0 Å². The van der Waals surface area contributed by atoms with Crippen molar-refractivity contribution >= 4 is 41.6 Å². The Morgan fingerprint density at radius 1 is 0.757 bits per heavy atom. The highest BCUT2D eigenvalue weighted by atomic mass is 32.2. The number of carbonyl (C=O) groups is 1. The van der Waals surface area contributed by atoms with Gasteiger partial charge < -0.3 is 19.5 Å². The first-order valence-corrected chi connectivity index (χ1v) is 17.9. The van der Waals surface area contributed by atoms with Crippen LogP contribution in [0.25, 0.3) is 0 Å². The maximum atomic E-state index is 11.6. The maximum absolute atomic E-state index is 11.6. The lowest BCUT2D eigenvalue weighted by molar-refractivity contribution is -0.112. The summed E-state index contributed by atoms with van der Waals surface area (Å²) in [6, 6.07) is 0.